The van der Waals surface area contributed by atoms with E-state index in [9.17, 15) is 0 Å². The van der Waals surface area contributed by atoms with E-state index >= 15 is 0 Å². The number of nitrogens with two attached hydrogens (primary N) is 1. The monoisotopic (exact) mass is 333 g/mol. The third-order valence-corrected chi connectivity index (χ3v) is 5.16. The smallest absolute Gasteiger partial charge is 0.222 e. The Kier molecular flexibility index (Phi) is 6.26. The summed E-state index contributed by atoms with van der Waals surface area (Å²) in [5.74, 6) is 1.66. The van der Waals surface area contributed by atoms with Crippen molar-refractivity contribution in [1.29, 1.82) is 0 Å². The summed E-state index contributed by atoms with van der Waals surface area (Å²) in [6, 6.07) is 2.08. The highest BCUT2D eigenvalue weighted by Crippen LogP contribution is 2.26. The van der Waals surface area contributed by atoms with Crippen molar-refractivity contribution in [2.75, 3.05) is 57.1 Å². The molecule has 6 nitrogen and oxygen atoms in total. The molecule has 0 saturated carbocycles. The van der Waals surface area contributed by atoms with Crippen molar-refractivity contribution in [2.45, 2.75) is 44.4 Å². The fourth-order valence-corrected chi connectivity index (χ4v) is 3.65. The lowest BCUT2D eigenvalue weighted by Crippen LogP contribution is -2.29. The van der Waals surface area contributed by atoms with Crippen molar-refractivity contribution < 1.29 is 4.74 Å². The zero-order valence-electron chi connectivity index (χ0n) is 14.9. The number of nitrogens with zero attached hydrogens (tertiary/aromatic N) is 4. The minimum Gasteiger partial charge on any atom is -0.381 e. The van der Waals surface area contributed by atoms with Gasteiger partial charge in [0.15, 0.2) is 0 Å². The van der Waals surface area contributed by atoms with Gasteiger partial charge in [-0.1, -0.05) is 12.8 Å². The van der Waals surface area contributed by atoms with E-state index in [4.69, 9.17) is 10.5 Å². The van der Waals surface area contributed by atoms with E-state index in [1.54, 1.807) is 0 Å². The molecule has 2 aliphatic rings. The first kappa shape index (κ1) is 17.4. The zero-order valence-corrected chi connectivity index (χ0v) is 14.9. The van der Waals surface area contributed by atoms with E-state index in [2.05, 4.69) is 32.9 Å². The van der Waals surface area contributed by atoms with E-state index in [0.29, 0.717) is 11.9 Å². The Labute approximate surface area is 145 Å². The Morgan fingerprint density at radius 2 is 2.04 bits per heavy atom. The van der Waals surface area contributed by atoms with Gasteiger partial charge in [-0.2, -0.15) is 4.98 Å². The van der Waals surface area contributed by atoms with Gasteiger partial charge in [0.25, 0.3) is 0 Å². The lowest BCUT2D eigenvalue weighted by atomic mass is 10.0. The molecular formula is C18H31N5O. The maximum Gasteiger partial charge on any atom is 0.222 e. The number of hydrogen-bond acceptors (Lipinski definition) is 6. The molecule has 0 aromatic carbocycles. The quantitative estimate of drug-likeness (QED) is 0.861. The average Bonchev–Trinajstić information content (AvgIpc) is 2.99. The molecule has 0 bridgehead atoms. The summed E-state index contributed by atoms with van der Waals surface area (Å²) in [5.41, 5.74) is 6.95. The molecule has 3 heterocycles. The van der Waals surface area contributed by atoms with Crippen molar-refractivity contribution in [3.63, 3.8) is 0 Å². The molecule has 0 amide bonds. The highest BCUT2D eigenvalue weighted by molar-refractivity contribution is 5.43. The molecule has 3 rings (SSSR count). The van der Waals surface area contributed by atoms with Crippen LogP contribution in [-0.2, 0) is 4.74 Å². The second-order valence-corrected chi connectivity index (χ2v) is 7.10. The summed E-state index contributed by atoms with van der Waals surface area (Å²) < 4.78 is 5.47. The zero-order chi connectivity index (χ0) is 16.8. The molecule has 6 heteroatoms. The maximum absolute atomic E-state index is 5.93. The van der Waals surface area contributed by atoms with E-state index in [1.807, 2.05) is 0 Å². The Morgan fingerprint density at radius 1 is 1.25 bits per heavy atom. The molecule has 1 aromatic heterocycles. The van der Waals surface area contributed by atoms with E-state index in [0.717, 1.165) is 44.1 Å². The summed E-state index contributed by atoms with van der Waals surface area (Å²) in [6.07, 6.45) is 7.67. The Balaban J connectivity index is 1.53. The minimum atomic E-state index is 0.361. The predicted molar refractivity (Wildman–Crippen MR) is 97.4 cm³/mol. The summed E-state index contributed by atoms with van der Waals surface area (Å²) in [7, 11) is 2.10. The minimum absolute atomic E-state index is 0.361. The van der Waals surface area contributed by atoms with Gasteiger partial charge in [-0.3, -0.25) is 0 Å². The number of aromatic nitrogens is 2. The van der Waals surface area contributed by atoms with Crippen LogP contribution in [0.1, 0.15) is 50.1 Å². The summed E-state index contributed by atoms with van der Waals surface area (Å²) in [5, 5.41) is 0. The highest BCUT2D eigenvalue weighted by atomic mass is 16.5. The van der Waals surface area contributed by atoms with Gasteiger partial charge in [-0.05, 0) is 45.3 Å². The van der Waals surface area contributed by atoms with E-state index in [1.165, 1.54) is 45.3 Å². The lowest BCUT2D eigenvalue weighted by Gasteiger charge is -2.23. The van der Waals surface area contributed by atoms with Crippen molar-refractivity contribution in [2.24, 2.45) is 0 Å². The van der Waals surface area contributed by atoms with E-state index in [-0.39, 0.29) is 0 Å². The van der Waals surface area contributed by atoms with Crippen molar-refractivity contribution in [1.82, 2.24) is 14.9 Å². The van der Waals surface area contributed by atoms with Crippen LogP contribution in [0.5, 0.6) is 0 Å². The second kappa shape index (κ2) is 8.62. The molecule has 0 aliphatic carbocycles. The first-order chi connectivity index (χ1) is 11.7. The molecule has 24 heavy (non-hydrogen) atoms. The molecule has 2 saturated heterocycles. The van der Waals surface area contributed by atoms with Gasteiger partial charge in [-0.15, -0.1) is 0 Å². The number of nitrogen functional groups attached to an aromatic ring is 1. The highest BCUT2D eigenvalue weighted by Gasteiger charge is 2.21. The number of likely N-dealkylation sites (tertiary alicyclic amines) is 1. The molecule has 1 aromatic rings. The topological polar surface area (TPSA) is 67.5 Å². The first-order valence-electron chi connectivity index (χ1n) is 9.38. The molecule has 0 radical (unpaired) electrons. The lowest BCUT2D eigenvalue weighted by molar-refractivity contribution is 0.193. The molecule has 0 spiro atoms. The Morgan fingerprint density at radius 3 is 2.75 bits per heavy atom. The van der Waals surface area contributed by atoms with Crippen LogP contribution in [0.15, 0.2) is 6.07 Å². The van der Waals surface area contributed by atoms with Gasteiger partial charge in [0.05, 0.1) is 12.3 Å². The Bertz CT molecular complexity index is 510. The standard InChI is InChI=1S/C18H31N5O/c1-22(8-6-11-23-9-4-2-3-5-10-23)17-13-16(20-18(19)21-17)15-7-12-24-14-15/h13,15H,2-12,14H2,1H3,(H2,19,20,21)/t15-/m0/s1. The first-order valence-corrected chi connectivity index (χ1v) is 9.38. The Hall–Kier alpha value is -1.40. The molecule has 0 unspecified atom stereocenters. The maximum atomic E-state index is 5.93. The molecule has 2 aliphatic heterocycles. The van der Waals surface area contributed by atoms with Crippen molar-refractivity contribution >= 4 is 11.8 Å². The number of hydrogen-bond donors (Lipinski definition) is 1. The third kappa shape index (κ3) is 4.80. The van der Waals surface area contributed by atoms with Gasteiger partial charge in [0.2, 0.25) is 5.95 Å². The molecule has 1 atom stereocenters. The molecular weight excluding hydrogens is 302 g/mol. The average molecular weight is 333 g/mol. The second-order valence-electron chi connectivity index (χ2n) is 7.10. The van der Waals surface area contributed by atoms with Crippen LogP contribution in [0.3, 0.4) is 0 Å². The molecule has 2 N–H and O–H groups in total. The summed E-state index contributed by atoms with van der Waals surface area (Å²) in [4.78, 5) is 13.6. The van der Waals surface area contributed by atoms with Gasteiger partial charge in [0, 0.05) is 32.2 Å². The molecule has 134 valence electrons. The van der Waals surface area contributed by atoms with Gasteiger partial charge in [-0.25, -0.2) is 4.98 Å². The number of ether oxygens (including phenoxy) is 1. The largest absolute Gasteiger partial charge is 0.381 e. The summed E-state index contributed by atoms with van der Waals surface area (Å²) >= 11 is 0. The third-order valence-electron chi connectivity index (χ3n) is 5.16. The number of rotatable bonds is 6. The van der Waals surface area contributed by atoms with Gasteiger partial charge in [0.1, 0.15) is 5.82 Å². The van der Waals surface area contributed by atoms with E-state index < -0.39 is 0 Å². The van der Waals surface area contributed by atoms with Crippen LogP contribution in [0.2, 0.25) is 0 Å². The fourth-order valence-electron chi connectivity index (χ4n) is 3.65. The van der Waals surface area contributed by atoms with Gasteiger partial charge < -0.3 is 20.3 Å². The summed E-state index contributed by atoms with van der Waals surface area (Å²) in [6.45, 7) is 6.25. The molecule has 2 fully saturated rings. The van der Waals surface area contributed by atoms with Crippen LogP contribution >= 0.6 is 0 Å². The SMILES string of the molecule is CN(CCCN1CCCCCC1)c1cc([C@H]2CCOC2)nc(N)n1. The predicted octanol–water partition coefficient (Wildman–Crippen LogP) is 2.26. The van der Waals surface area contributed by atoms with Crippen LogP contribution in [-0.4, -0.2) is 61.3 Å². The van der Waals surface area contributed by atoms with Crippen LogP contribution in [0.25, 0.3) is 0 Å². The normalized spacial score (nSPS) is 22.5. The van der Waals surface area contributed by atoms with Crippen LogP contribution < -0.4 is 10.6 Å². The number of anilines is 2. The van der Waals surface area contributed by atoms with Crippen LogP contribution in [0, 0.1) is 0 Å². The van der Waals surface area contributed by atoms with Crippen LogP contribution in [0.4, 0.5) is 11.8 Å². The van der Waals surface area contributed by atoms with Crippen molar-refractivity contribution in [3.8, 4) is 0 Å². The van der Waals surface area contributed by atoms with Gasteiger partial charge >= 0.3 is 0 Å². The van der Waals surface area contributed by atoms with Crippen molar-refractivity contribution in [3.05, 3.63) is 11.8 Å². The fraction of sp³-hybridized carbons (Fsp3) is 0.778.